The minimum Gasteiger partial charge on any atom is -0.356 e. The van der Waals surface area contributed by atoms with Crippen LogP contribution in [0.3, 0.4) is 0 Å². The lowest BCUT2D eigenvalue weighted by Crippen LogP contribution is -2.32. The summed E-state index contributed by atoms with van der Waals surface area (Å²) < 4.78 is 25.6. The molecule has 1 saturated heterocycles. The molecule has 0 radical (unpaired) electrons. The van der Waals surface area contributed by atoms with Gasteiger partial charge in [0.2, 0.25) is 5.91 Å². The fraction of sp³-hybridized carbons (Fsp3) is 0.364. The van der Waals surface area contributed by atoms with E-state index in [0.29, 0.717) is 18.5 Å². The lowest BCUT2D eigenvalue weighted by molar-refractivity contribution is -0.122. The highest BCUT2D eigenvalue weighted by atomic mass is 19.2. The molecule has 0 aromatic heterocycles. The zero-order valence-electron chi connectivity index (χ0n) is 8.09. The highest BCUT2D eigenvalue weighted by Gasteiger charge is 2.21. The van der Waals surface area contributed by atoms with Gasteiger partial charge in [-0.2, -0.15) is 0 Å². The summed E-state index contributed by atoms with van der Waals surface area (Å²) in [5, 5.41) is 2.70. The van der Waals surface area contributed by atoms with E-state index in [0.717, 1.165) is 12.5 Å². The second kappa shape index (κ2) is 3.96. The summed E-state index contributed by atoms with van der Waals surface area (Å²) in [6, 6.07) is 3.83. The van der Waals surface area contributed by atoms with E-state index >= 15 is 0 Å². The second-order valence-corrected chi connectivity index (χ2v) is 3.71. The van der Waals surface area contributed by atoms with Gasteiger partial charge in [0.1, 0.15) is 0 Å². The van der Waals surface area contributed by atoms with Crippen molar-refractivity contribution in [1.29, 1.82) is 0 Å². The molecule has 4 heteroatoms. The Hall–Kier alpha value is -1.45. The summed E-state index contributed by atoms with van der Waals surface area (Å²) in [6.07, 6.45) is 1.13. The van der Waals surface area contributed by atoms with E-state index in [1.54, 1.807) is 6.07 Å². The molecule has 0 saturated carbocycles. The van der Waals surface area contributed by atoms with Gasteiger partial charge in [0, 0.05) is 13.0 Å². The number of hydrogen-bond acceptors (Lipinski definition) is 1. The van der Waals surface area contributed by atoms with Gasteiger partial charge in [0.15, 0.2) is 11.6 Å². The topological polar surface area (TPSA) is 29.1 Å². The summed E-state index contributed by atoms with van der Waals surface area (Å²) >= 11 is 0. The van der Waals surface area contributed by atoms with Gasteiger partial charge in [-0.25, -0.2) is 8.78 Å². The number of rotatable bonds is 1. The minimum absolute atomic E-state index is 0.00819. The third kappa shape index (κ3) is 2.14. The van der Waals surface area contributed by atoms with Crippen molar-refractivity contribution >= 4 is 5.91 Å². The van der Waals surface area contributed by atoms with Crippen LogP contribution in [0.25, 0.3) is 0 Å². The smallest absolute Gasteiger partial charge is 0.220 e. The number of carbonyl (C=O) groups is 1. The predicted octanol–water partition coefficient (Wildman–Crippen LogP) is 1.96. The molecular weight excluding hydrogens is 200 g/mol. The average molecular weight is 211 g/mol. The zero-order valence-corrected chi connectivity index (χ0v) is 8.09. The Kier molecular flexibility index (Phi) is 2.66. The fourth-order valence-electron chi connectivity index (χ4n) is 1.83. The van der Waals surface area contributed by atoms with Crippen molar-refractivity contribution in [2.45, 2.75) is 18.8 Å². The van der Waals surface area contributed by atoms with Crippen LogP contribution >= 0.6 is 0 Å². The minimum atomic E-state index is -0.849. The van der Waals surface area contributed by atoms with Gasteiger partial charge in [0.05, 0.1) is 0 Å². The summed E-state index contributed by atoms with van der Waals surface area (Å²) in [7, 11) is 0. The number of nitrogens with one attached hydrogen (secondary N) is 1. The molecule has 80 valence electrons. The van der Waals surface area contributed by atoms with Gasteiger partial charge in [-0.05, 0) is 30.0 Å². The molecule has 2 nitrogen and oxygen atoms in total. The van der Waals surface area contributed by atoms with Crippen LogP contribution in [0.2, 0.25) is 0 Å². The first-order valence-corrected chi connectivity index (χ1v) is 4.88. The number of piperidine rings is 1. The Morgan fingerprint density at radius 3 is 2.73 bits per heavy atom. The number of benzene rings is 1. The van der Waals surface area contributed by atoms with Gasteiger partial charge in [-0.1, -0.05) is 6.07 Å². The number of carbonyl (C=O) groups excluding carboxylic acids is 1. The van der Waals surface area contributed by atoms with Gasteiger partial charge >= 0.3 is 0 Å². The lowest BCUT2D eigenvalue weighted by atomic mass is 9.90. The van der Waals surface area contributed by atoms with Crippen LogP contribution in [0.5, 0.6) is 0 Å². The quantitative estimate of drug-likeness (QED) is 0.755. The molecule has 15 heavy (non-hydrogen) atoms. The molecular formula is C11H11F2NO. The van der Waals surface area contributed by atoms with E-state index < -0.39 is 11.6 Å². The van der Waals surface area contributed by atoms with Crippen molar-refractivity contribution < 1.29 is 13.6 Å². The maximum absolute atomic E-state index is 13.0. The second-order valence-electron chi connectivity index (χ2n) is 3.71. The first-order valence-electron chi connectivity index (χ1n) is 4.88. The largest absolute Gasteiger partial charge is 0.356 e. The van der Waals surface area contributed by atoms with Crippen LogP contribution in [-0.4, -0.2) is 12.5 Å². The van der Waals surface area contributed by atoms with E-state index in [1.807, 2.05) is 0 Å². The van der Waals surface area contributed by atoms with E-state index in [4.69, 9.17) is 0 Å². The molecule has 1 amide bonds. The molecule has 1 unspecified atom stereocenters. The Labute approximate surface area is 86.3 Å². The summed E-state index contributed by atoms with van der Waals surface area (Å²) in [5.74, 6) is -1.72. The molecule has 0 spiro atoms. The fourth-order valence-corrected chi connectivity index (χ4v) is 1.83. The highest BCUT2D eigenvalue weighted by Crippen LogP contribution is 2.26. The number of halogens is 2. The standard InChI is InChI=1S/C11H11F2NO/c12-9-2-1-7(5-10(9)13)8-3-4-14-11(15)6-8/h1-2,5,8H,3-4,6H2,(H,14,15). The van der Waals surface area contributed by atoms with Crippen LogP contribution in [0.4, 0.5) is 8.78 Å². The number of amides is 1. The Balaban J connectivity index is 2.21. The first kappa shape index (κ1) is 10.1. The van der Waals surface area contributed by atoms with Gasteiger partial charge in [-0.15, -0.1) is 0 Å². The lowest BCUT2D eigenvalue weighted by Gasteiger charge is -2.22. The predicted molar refractivity (Wildman–Crippen MR) is 51.3 cm³/mol. The highest BCUT2D eigenvalue weighted by molar-refractivity contribution is 5.77. The monoisotopic (exact) mass is 211 g/mol. The molecule has 1 aromatic carbocycles. The molecule has 1 atom stereocenters. The summed E-state index contributed by atoms with van der Waals surface area (Å²) in [4.78, 5) is 11.1. The maximum atomic E-state index is 13.0. The van der Waals surface area contributed by atoms with Crippen LogP contribution in [0.1, 0.15) is 24.3 Å². The third-order valence-electron chi connectivity index (χ3n) is 2.66. The normalized spacial score (nSPS) is 21.2. The maximum Gasteiger partial charge on any atom is 0.220 e. The van der Waals surface area contributed by atoms with Crippen LogP contribution in [0.15, 0.2) is 18.2 Å². The molecule has 0 aliphatic carbocycles. The number of hydrogen-bond donors (Lipinski definition) is 1. The zero-order chi connectivity index (χ0) is 10.8. The molecule has 1 aliphatic heterocycles. The van der Waals surface area contributed by atoms with Crippen molar-refractivity contribution in [1.82, 2.24) is 5.32 Å². The summed E-state index contributed by atoms with van der Waals surface area (Å²) in [6.45, 7) is 0.600. The molecule has 2 rings (SSSR count). The molecule has 0 bridgehead atoms. The van der Waals surface area contributed by atoms with Crippen molar-refractivity contribution in [3.05, 3.63) is 35.4 Å². The molecule has 1 fully saturated rings. The Morgan fingerprint density at radius 2 is 2.07 bits per heavy atom. The van der Waals surface area contributed by atoms with Gasteiger partial charge in [0.25, 0.3) is 0 Å². The molecule has 1 heterocycles. The van der Waals surface area contributed by atoms with E-state index in [2.05, 4.69) is 5.32 Å². The van der Waals surface area contributed by atoms with Crippen molar-refractivity contribution in [2.75, 3.05) is 6.54 Å². The van der Waals surface area contributed by atoms with Gasteiger partial charge < -0.3 is 5.32 Å². The van der Waals surface area contributed by atoms with Crippen LogP contribution in [-0.2, 0) is 4.79 Å². The van der Waals surface area contributed by atoms with Gasteiger partial charge in [-0.3, -0.25) is 4.79 Å². The average Bonchev–Trinajstić information content (AvgIpc) is 2.22. The summed E-state index contributed by atoms with van der Waals surface area (Å²) in [5.41, 5.74) is 0.698. The van der Waals surface area contributed by atoms with Crippen LogP contribution in [0, 0.1) is 11.6 Å². The third-order valence-corrected chi connectivity index (χ3v) is 2.66. The van der Waals surface area contributed by atoms with E-state index in [9.17, 15) is 13.6 Å². The SMILES string of the molecule is O=C1CC(c2ccc(F)c(F)c2)CCN1. The molecule has 1 aliphatic rings. The Morgan fingerprint density at radius 1 is 1.27 bits per heavy atom. The van der Waals surface area contributed by atoms with Crippen molar-refractivity contribution in [2.24, 2.45) is 0 Å². The Bertz CT molecular complexity index is 392. The van der Waals surface area contributed by atoms with Crippen molar-refractivity contribution in [3.8, 4) is 0 Å². The van der Waals surface area contributed by atoms with E-state index in [-0.39, 0.29) is 11.8 Å². The van der Waals surface area contributed by atoms with Crippen molar-refractivity contribution in [3.63, 3.8) is 0 Å². The molecule has 1 N–H and O–H groups in total. The molecule has 1 aromatic rings. The van der Waals surface area contributed by atoms with Crippen LogP contribution < -0.4 is 5.32 Å². The van der Waals surface area contributed by atoms with E-state index in [1.165, 1.54) is 6.07 Å². The first-order chi connectivity index (χ1) is 7.16.